The molecule has 1 saturated heterocycles. The van der Waals surface area contributed by atoms with Gasteiger partial charge in [-0.1, -0.05) is 0 Å². The first-order valence-corrected chi connectivity index (χ1v) is 9.82. The number of anilines is 1. The molecule has 2 aliphatic rings. The lowest BCUT2D eigenvalue weighted by Crippen LogP contribution is -2.48. The topological polar surface area (TPSA) is 104 Å². The fourth-order valence-electron chi connectivity index (χ4n) is 3.88. The number of benzene rings is 1. The minimum atomic E-state index is -0.523. The third-order valence-corrected chi connectivity index (χ3v) is 5.38. The van der Waals surface area contributed by atoms with Gasteiger partial charge in [0, 0.05) is 51.0 Å². The van der Waals surface area contributed by atoms with E-state index in [1.807, 2.05) is 4.57 Å². The van der Waals surface area contributed by atoms with Gasteiger partial charge in [-0.15, -0.1) is 0 Å². The van der Waals surface area contributed by atoms with Crippen LogP contribution in [-0.2, 0) is 6.54 Å². The number of imidazole rings is 1. The number of hydrogen-bond donors (Lipinski definition) is 3. The Hall–Kier alpha value is -3.53. The van der Waals surface area contributed by atoms with Crippen LogP contribution in [0.3, 0.4) is 0 Å². The molecule has 0 unspecified atom stereocenters. The van der Waals surface area contributed by atoms with Crippen molar-refractivity contribution in [1.29, 1.82) is 0 Å². The number of hydrogen-bond acceptors (Lipinski definition) is 5. The second-order valence-corrected chi connectivity index (χ2v) is 7.24. The summed E-state index contributed by atoms with van der Waals surface area (Å²) in [5, 5.41) is 8.70. The number of aromatic nitrogens is 3. The van der Waals surface area contributed by atoms with E-state index in [0.29, 0.717) is 67.4 Å². The Kier molecular flexibility index (Phi) is 4.55. The van der Waals surface area contributed by atoms with E-state index in [4.69, 9.17) is 0 Å². The van der Waals surface area contributed by atoms with E-state index in [1.54, 1.807) is 29.3 Å². The largest absolute Gasteiger partial charge is 0.350 e. The second-order valence-electron chi connectivity index (χ2n) is 7.24. The molecule has 3 aromatic rings. The van der Waals surface area contributed by atoms with Crippen molar-refractivity contribution in [3.63, 3.8) is 0 Å². The highest BCUT2D eigenvalue weighted by atomic mass is 19.1. The van der Waals surface area contributed by atoms with Gasteiger partial charge >= 0.3 is 6.03 Å². The van der Waals surface area contributed by atoms with Crippen LogP contribution in [0.1, 0.15) is 10.4 Å². The lowest BCUT2D eigenvalue weighted by atomic mass is 10.1. The van der Waals surface area contributed by atoms with Gasteiger partial charge in [0.05, 0.1) is 11.3 Å². The number of rotatable bonds is 2. The smallest absolute Gasteiger partial charge is 0.322 e. The summed E-state index contributed by atoms with van der Waals surface area (Å²) in [5.41, 5.74) is 2.33. The monoisotopic (exact) mass is 409 g/mol. The molecule has 0 bridgehead atoms. The molecular weight excluding hydrogens is 389 g/mol. The van der Waals surface area contributed by atoms with Gasteiger partial charge < -0.3 is 25.4 Å². The number of nitrogens with zero attached hydrogens (tertiary/aromatic N) is 4. The van der Waals surface area contributed by atoms with Gasteiger partial charge in [0.2, 0.25) is 0 Å². The van der Waals surface area contributed by atoms with E-state index in [2.05, 4.69) is 25.9 Å². The molecule has 1 fully saturated rings. The number of carbonyl (C=O) groups excluding carboxylic acids is 2. The van der Waals surface area contributed by atoms with E-state index < -0.39 is 5.82 Å². The van der Waals surface area contributed by atoms with Gasteiger partial charge in [-0.05, 0) is 24.3 Å². The van der Waals surface area contributed by atoms with Crippen molar-refractivity contribution in [3.05, 3.63) is 41.8 Å². The Morgan fingerprint density at radius 3 is 2.80 bits per heavy atom. The highest BCUT2D eigenvalue weighted by molar-refractivity contribution is 6.05. The highest BCUT2D eigenvalue weighted by Crippen LogP contribution is 2.29. The van der Waals surface area contributed by atoms with Gasteiger partial charge in [-0.25, -0.2) is 19.2 Å². The predicted octanol–water partition coefficient (Wildman–Crippen LogP) is 1.42. The number of piperazine rings is 1. The molecule has 5 rings (SSSR count). The van der Waals surface area contributed by atoms with Gasteiger partial charge in [0.1, 0.15) is 17.2 Å². The average molecular weight is 409 g/mol. The van der Waals surface area contributed by atoms with Crippen molar-refractivity contribution >= 4 is 28.8 Å². The molecule has 3 N–H and O–H groups in total. The molecule has 0 spiro atoms. The number of urea groups is 1. The lowest BCUT2D eigenvalue weighted by molar-refractivity contribution is 0.0956. The second kappa shape index (κ2) is 7.38. The Bertz CT molecular complexity index is 1150. The van der Waals surface area contributed by atoms with Gasteiger partial charge in [-0.2, -0.15) is 0 Å². The van der Waals surface area contributed by atoms with Crippen LogP contribution in [0.2, 0.25) is 0 Å². The SMILES string of the molecule is O=C1NCCn2c(-c3ccc(F)c(NC(=O)N4CCNCC4)c3)nc3nccc1c32. The molecule has 3 amide bonds. The summed E-state index contributed by atoms with van der Waals surface area (Å²) in [7, 11) is 0. The quantitative estimate of drug-likeness (QED) is 0.594. The molecular formula is C20H20FN7O2. The van der Waals surface area contributed by atoms with Crippen molar-refractivity contribution in [1.82, 2.24) is 30.1 Å². The van der Waals surface area contributed by atoms with Crippen LogP contribution in [0.5, 0.6) is 0 Å². The number of nitrogens with one attached hydrogen (secondary N) is 3. The Morgan fingerprint density at radius 1 is 1.13 bits per heavy atom. The van der Waals surface area contributed by atoms with Crippen molar-refractivity contribution in [3.8, 4) is 11.4 Å². The number of amides is 3. The van der Waals surface area contributed by atoms with E-state index in [9.17, 15) is 14.0 Å². The molecule has 154 valence electrons. The maximum atomic E-state index is 14.5. The van der Waals surface area contributed by atoms with E-state index in [1.165, 1.54) is 6.07 Å². The first-order chi connectivity index (χ1) is 14.6. The minimum absolute atomic E-state index is 0.0897. The zero-order valence-corrected chi connectivity index (χ0v) is 16.1. The Morgan fingerprint density at radius 2 is 1.97 bits per heavy atom. The third kappa shape index (κ3) is 3.14. The van der Waals surface area contributed by atoms with Crippen LogP contribution >= 0.6 is 0 Å². The highest BCUT2D eigenvalue weighted by Gasteiger charge is 2.23. The lowest BCUT2D eigenvalue weighted by Gasteiger charge is -2.27. The molecule has 2 aromatic heterocycles. The van der Waals surface area contributed by atoms with E-state index in [0.717, 1.165) is 0 Å². The third-order valence-electron chi connectivity index (χ3n) is 5.38. The fourth-order valence-corrected chi connectivity index (χ4v) is 3.88. The Balaban J connectivity index is 1.53. The molecule has 1 aromatic carbocycles. The zero-order valence-electron chi connectivity index (χ0n) is 16.1. The maximum absolute atomic E-state index is 14.5. The summed E-state index contributed by atoms with van der Waals surface area (Å²) in [6, 6.07) is 5.82. The van der Waals surface area contributed by atoms with Crippen LogP contribution in [-0.4, -0.2) is 64.1 Å². The van der Waals surface area contributed by atoms with Crippen molar-refractivity contribution in [2.45, 2.75) is 6.54 Å². The van der Waals surface area contributed by atoms with Crippen molar-refractivity contribution < 1.29 is 14.0 Å². The van der Waals surface area contributed by atoms with Crippen LogP contribution in [0.15, 0.2) is 30.5 Å². The fraction of sp³-hybridized carbons (Fsp3) is 0.300. The molecule has 0 aliphatic carbocycles. The van der Waals surface area contributed by atoms with E-state index >= 15 is 0 Å². The van der Waals surface area contributed by atoms with Crippen molar-refractivity contribution in [2.75, 3.05) is 38.0 Å². The molecule has 0 saturated carbocycles. The van der Waals surface area contributed by atoms with Gasteiger partial charge in [0.25, 0.3) is 5.91 Å². The van der Waals surface area contributed by atoms with Crippen LogP contribution in [0.25, 0.3) is 22.6 Å². The number of halogens is 1. The van der Waals surface area contributed by atoms with Crippen molar-refractivity contribution in [2.24, 2.45) is 0 Å². The van der Waals surface area contributed by atoms with Gasteiger partial charge in [0.15, 0.2) is 5.65 Å². The molecule has 10 heteroatoms. The molecule has 2 aliphatic heterocycles. The normalized spacial score (nSPS) is 16.3. The maximum Gasteiger partial charge on any atom is 0.322 e. The average Bonchev–Trinajstić information content (AvgIpc) is 3.05. The molecule has 4 heterocycles. The first-order valence-electron chi connectivity index (χ1n) is 9.82. The first kappa shape index (κ1) is 18.5. The van der Waals surface area contributed by atoms with Gasteiger partial charge in [-0.3, -0.25) is 4.79 Å². The Labute approximate surface area is 171 Å². The summed E-state index contributed by atoms with van der Waals surface area (Å²) in [6.07, 6.45) is 1.55. The standard InChI is InChI=1S/C20H20FN7O2/c21-14-2-1-12(11-15(14)25-20(30)27-8-5-22-6-9-27)18-26-17-16-13(3-4-23-17)19(29)24-7-10-28(16)18/h1-4,11,22H,5-10H2,(H,24,29)(H,25,30). The van der Waals surface area contributed by atoms with Crippen LogP contribution < -0.4 is 16.0 Å². The summed E-state index contributed by atoms with van der Waals surface area (Å²) in [4.78, 5) is 35.4. The number of pyridine rings is 1. The zero-order chi connectivity index (χ0) is 20.7. The molecule has 0 atom stereocenters. The molecule has 30 heavy (non-hydrogen) atoms. The predicted molar refractivity (Wildman–Crippen MR) is 109 cm³/mol. The summed E-state index contributed by atoms with van der Waals surface area (Å²) < 4.78 is 16.4. The summed E-state index contributed by atoms with van der Waals surface area (Å²) >= 11 is 0. The van der Waals surface area contributed by atoms with Crippen LogP contribution in [0, 0.1) is 5.82 Å². The summed E-state index contributed by atoms with van der Waals surface area (Å²) in [6.45, 7) is 3.51. The van der Waals surface area contributed by atoms with E-state index in [-0.39, 0.29) is 17.6 Å². The molecule has 0 radical (unpaired) electrons. The number of carbonyl (C=O) groups is 2. The molecule has 9 nitrogen and oxygen atoms in total. The van der Waals surface area contributed by atoms with Crippen LogP contribution in [0.4, 0.5) is 14.9 Å². The summed E-state index contributed by atoms with van der Waals surface area (Å²) in [5.74, 6) is -0.125. The minimum Gasteiger partial charge on any atom is -0.350 e.